The van der Waals surface area contributed by atoms with E-state index in [-0.39, 0.29) is 17.6 Å². The van der Waals surface area contributed by atoms with Gasteiger partial charge in [-0.3, -0.25) is 4.90 Å². The Morgan fingerprint density at radius 1 is 1.27 bits per heavy atom. The van der Waals surface area contributed by atoms with Crippen molar-refractivity contribution in [1.82, 2.24) is 20.4 Å². The smallest absolute Gasteiger partial charge is 0.325 e. The van der Waals surface area contributed by atoms with E-state index in [9.17, 15) is 9.59 Å². The van der Waals surface area contributed by atoms with Gasteiger partial charge in [-0.05, 0) is 24.3 Å². The molecule has 0 spiro atoms. The second-order valence-corrected chi connectivity index (χ2v) is 7.20. The molecule has 0 aromatic carbocycles. The molecule has 124 valence electrons. The van der Waals surface area contributed by atoms with Gasteiger partial charge in [0.1, 0.15) is 0 Å². The van der Waals surface area contributed by atoms with Crippen molar-refractivity contribution < 1.29 is 14.3 Å². The molecular formula is C14H24N4O3S. The van der Waals surface area contributed by atoms with Crippen LogP contribution in [0.1, 0.15) is 12.8 Å². The SMILES string of the molecule is O=C1NCCN1C(=O)NCC1(N2CCOCC2)CCSCC1. The molecule has 0 saturated carbocycles. The number of hydrogen-bond donors (Lipinski definition) is 2. The summed E-state index contributed by atoms with van der Waals surface area (Å²) >= 11 is 1.98. The lowest BCUT2D eigenvalue weighted by Crippen LogP contribution is -2.61. The summed E-state index contributed by atoms with van der Waals surface area (Å²) in [7, 11) is 0. The number of nitrogens with one attached hydrogen (secondary N) is 2. The molecule has 2 N–H and O–H groups in total. The van der Waals surface area contributed by atoms with Crippen LogP contribution in [0.4, 0.5) is 9.59 Å². The molecule has 3 aliphatic rings. The first-order valence-corrected chi connectivity index (χ1v) is 9.10. The highest BCUT2D eigenvalue weighted by molar-refractivity contribution is 7.99. The highest BCUT2D eigenvalue weighted by Gasteiger charge is 2.39. The molecule has 0 aliphatic carbocycles. The summed E-state index contributed by atoms with van der Waals surface area (Å²) in [5.74, 6) is 2.24. The maximum atomic E-state index is 12.2. The molecule has 0 radical (unpaired) electrons. The predicted molar refractivity (Wildman–Crippen MR) is 85.2 cm³/mol. The van der Waals surface area contributed by atoms with Crippen molar-refractivity contribution >= 4 is 23.8 Å². The summed E-state index contributed by atoms with van der Waals surface area (Å²) < 4.78 is 5.46. The Hall–Kier alpha value is -0.990. The lowest BCUT2D eigenvalue weighted by molar-refractivity contribution is -0.0252. The van der Waals surface area contributed by atoms with Crippen LogP contribution in [-0.4, -0.2) is 84.8 Å². The summed E-state index contributed by atoms with van der Waals surface area (Å²) in [5, 5.41) is 5.65. The van der Waals surface area contributed by atoms with Gasteiger partial charge in [-0.1, -0.05) is 0 Å². The largest absolute Gasteiger partial charge is 0.379 e. The first-order valence-electron chi connectivity index (χ1n) is 7.95. The predicted octanol–water partition coefficient (Wildman–Crippen LogP) is 0.319. The summed E-state index contributed by atoms with van der Waals surface area (Å²) in [5.41, 5.74) is 0.0148. The fraction of sp³-hybridized carbons (Fsp3) is 0.857. The van der Waals surface area contributed by atoms with E-state index >= 15 is 0 Å². The number of carbonyl (C=O) groups excluding carboxylic acids is 2. The molecular weight excluding hydrogens is 304 g/mol. The Labute approximate surface area is 135 Å². The van der Waals surface area contributed by atoms with E-state index < -0.39 is 0 Å². The van der Waals surface area contributed by atoms with Crippen molar-refractivity contribution in [2.75, 3.05) is 57.4 Å². The van der Waals surface area contributed by atoms with Crippen LogP contribution >= 0.6 is 11.8 Å². The normalized spacial score (nSPS) is 25.8. The number of nitrogens with zero attached hydrogens (tertiary/aromatic N) is 2. The number of ether oxygens (including phenoxy) is 1. The van der Waals surface area contributed by atoms with Crippen molar-refractivity contribution in [3.8, 4) is 0 Å². The van der Waals surface area contributed by atoms with Crippen LogP contribution in [0.5, 0.6) is 0 Å². The Balaban J connectivity index is 1.62. The molecule has 3 rings (SSSR count). The second-order valence-electron chi connectivity index (χ2n) is 5.98. The zero-order valence-corrected chi connectivity index (χ0v) is 13.6. The minimum Gasteiger partial charge on any atom is -0.379 e. The van der Waals surface area contributed by atoms with Gasteiger partial charge in [0, 0.05) is 38.3 Å². The van der Waals surface area contributed by atoms with E-state index in [1.54, 1.807) is 0 Å². The first kappa shape index (κ1) is 15.9. The second kappa shape index (κ2) is 7.06. The first-order chi connectivity index (χ1) is 10.7. The molecule has 0 atom stereocenters. The van der Waals surface area contributed by atoms with Gasteiger partial charge in [0.2, 0.25) is 0 Å². The fourth-order valence-corrected chi connectivity index (χ4v) is 4.65. The number of amides is 4. The average Bonchev–Trinajstić information content (AvgIpc) is 3.00. The number of rotatable bonds is 3. The van der Waals surface area contributed by atoms with Gasteiger partial charge in [-0.25, -0.2) is 14.5 Å². The van der Waals surface area contributed by atoms with Gasteiger partial charge < -0.3 is 15.4 Å². The van der Waals surface area contributed by atoms with Crippen LogP contribution in [0.25, 0.3) is 0 Å². The Morgan fingerprint density at radius 2 is 2.00 bits per heavy atom. The molecule has 4 amide bonds. The van der Waals surface area contributed by atoms with Crippen LogP contribution in [-0.2, 0) is 4.74 Å². The summed E-state index contributed by atoms with van der Waals surface area (Å²) in [4.78, 5) is 27.5. The quantitative estimate of drug-likeness (QED) is 0.780. The summed E-state index contributed by atoms with van der Waals surface area (Å²) in [6.07, 6.45) is 2.15. The standard InChI is InChI=1S/C14H24N4O3S/c19-12-15-3-4-18(12)13(20)16-11-14(1-9-22-10-2-14)17-5-7-21-8-6-17/h1-11H2,(H,15,19)(H,16,20). The maximum absolute atomic E-state index is 12.2. The molecule has 0 aromatic rings. The van der Waals surface area contributed by atoms with Crippen LogP contribution in [0.2, 0.25) is 0 Å². The number of hydrogen-bond acceptors (Lipinski definition) is 5. The van der Waals surface area contributed by atoms with Gasteiger partial charge in [-0.2, -0.15) is 11.8 Å². The molecule has 0 aromatic heterocycles. The van der Waals surface area contributed by atoms with E-state index in [1.165, 1.54) is 4.90 Å². The number of carbonyl (C=O) groups is 2. The van der Waals surface area contributed by atoms with Crippen LogP contribution in [0.3, 0.4) is 0 Å². The number of morpholine rings is 1. The molecule has 7 nitrogen and oxygen atoms in total. The highest BCUT2D eigenvalue weighted by atomic mass is 32.2. The maximum Gasteiger partial charge on any atom is 0.325 e. The molecule has 3 heterocycles. The third kappa shape index (κ3) is 3.33. The Kier molecular flexibility index (Phi) is 5.10. The van der Waals surface area contributed by atoms with Gasteiger partial charge in [-0.15, -0.1) is 0 Å². The zero-order chi connectivity index (χ0) is 15.4. The van der Waals surface area contributed by atoms with Crippen molar-refractivity contribution in [2.45, 2.75) is 18.4 Å². The molecule has 22 heavy (non-hydrogen) atoms. The van der Waals surface area contributed by atoms with Crippen molar-refractivity contribution in [1.29, 1.82) is 0 Å². The van der Waals surface area contributed by atoms with Gasteiger partial charge in [0.05, 0.1) is 13.2 Å². The number of thioether (sulfide) groups is 1. The molecule has 0 unspecified atom stereocenters. The molecule has 8 heteroatoms. The number of urea groups is 2. The molecule has 0 bridgehead atoms. The minimum atomic E-state index is -0.294. The highest BCUT2D eigenvalue weighted by Crippen LogP contribution is 2.32. The van der Waals surface area contributed by atoms with Gasteiger partial charge in [0.25, 0.3) is 0 Å². The van der Waals surface area contributed by atoms with E-state index in [0.717, 1.165) is 50.7 Å². The fourth-order valence-electron chi connectivity index (χ4n) is 3.39. The third-order valence-electron chi connectivity index (χ3n) is 4.78. The third-order valence-corrected chi connectivity index (χ3v) is 5.76. The van der Waals surface area contributed by atoms with Crippen LogP contribution in [0, 0.1) is 0 Å². The molecule has 3 aliphatic heterocycles. The minimum absolute atomic E-state index is 0.0148. The lowest BCUT2D eigenvalue weighted by atomic mass is 9.89. The zero-order valence-electron chi connectivity index (χ0n) is 12.8. The molecule has 3 saturated heterocycles. The van der Waals surface area contributed by atoms with E-state index in [2.05, 4.69) is 15.5 Å². The van der Waals surface area contributed by atoms with Crippen molar-refractivity contribution in [2.24, 2.45) is 0 Å². The van der Waals surface area contributed by atoms with E-state index in [0.29, 0.717) is 19.6 Å². The van der Waals surface area contributed by atoms with Gasteiger partial charge in [0.15, 0.2) is 0 Å². The number of imide groups is 1. The van der Waals surface area contributed by atoms with Crippen molar-refractivity contribution in [3.63, 3.8) is 0 Å². The van der Waals surface area contributed by atoms with E-state index in [4.69, 9.17) is 4.74 Å². The summed E-state index contributed by atoms with van der Waals surface area (Å²) in [6, 6.07) is -0.571. The molecule has 3 fully saturated rings. The Morgan fingerprint density at radius 3 is 2.64 bits per heavy atom. The van der Waals surface area contributed by atoms with Crippen LogP contribution < -0.4 is 10.6 Å². The van der Waals surface area contributed by atoms with E-state index in [1.807, 2.05) is 11.8 Å². The lowest BCUT2D eigenvalue weighted by Gasteiger charge is -2.48. The summed E-state index contributed by atoms with van der Waals surface area (Å²) in [6.45, 7) is 4.96. The van der Waals surface area contributed by atoms with Crippen molar-refractivity contribution in [3.05, 3.63) is 0 Å². The topological polar surface area (TPSA) is 73.9 Å². The average molecular weight is 328 g/mol. The van der Waals surface area contributed by atoms with Gasteiger partial charge >= 0.3 is 12.1 Å². The van der Waals surface area contributed by atoms with Crippen LogP contribution in [0.15, 0.2) is 0 Å². The monoisotopic (exact) mass is 328 g/mol. The Bertz CT molecular complexity index is 422.